The van der Waals surface area contributed by atoms with Crippen molar-refractivity contribution in [2.45, 2.75) is 46.6 Å². The van der Waals surface area contributed by atoms with Crippen molar-refractivity contribution in [3.8, 4) is 0 Å². The number of hydrogen-bond donors (Lipinski definition) is 2. The molecule has 0 aliphatic heterocycles. The zero-order chi connectivity index (χ0) is 16.5. The van der Waals surface area contributed by atoms with Crippen LogP contribution in [-0.4, -0.2) is 29.2 Å². The Labute approximate surface area is 164 Å². The lowest BCUT2D eigenvalue weighted by molar-refractivity contribution is 0.379. The molecular formula is C16H26IN5OS. The third kappa shape index (κ3) is 6.76. The van der Waals surface area contributed by atoms with E-state index in [1.54, 1.807) is 11.3 Å². The van der Waals surface area contributed by atoms with Crippen molar-refractivity contribution in [3.05, 3.63) is 33.6 Å². The lowest BCUT2D eigenvalue weighted by atomic mass is 10.3. The summed E-state index contributed by atoms with van der Waals surface area (Å²) in [6.45, 7) is 8.37. The minimum absolute atomic E-state index is 0. The van der Waals surface area contributed by atoms with Crippen LogP contribution in [-0.2, 0) is 25.8 Å². The molecule has 2 N–H and O–H groups in total. The number of halogens is 1. The molecule has 0 atom stereocenters. The summed E-state index contributed by atoms with van der Waals surface area (Å²) >= 11 is 1.78. The molecule has 0 saturated carbocycles. The van der Waals surface area contributed by atoms with Gasteiger partial charge in [-0.25, -0.2) is 9.98 Å². The van der Waals surface area contributed by atoms with E-state index < -0.39 is 0 Å². The molecule has 0 unspecified atom stereocenters. The molecule has 134 valence electrons. The fraction of sp³-hybridized carbons (Fsp3) is 0.562. The van der Waals surface area contributed by atoms with E-state index in [1.165, 1.54) is 4.88 Å². The third-order valence-electron chi connectivity index (χ3n) is 3.29. The van der Waals surface area contributed by atoms with Gasteiger partial charge in [-0.05, 0) is 19.8 Å². The maximum absolute atomic E-state index is 5.25. The number of guanidine groups is 1. The number of aliphatic imine (C=N–C) groups is 1. The van der Waals surface area contributed by atoms with E-state index in [0.29, 0.717) is 6.54 Å². The molecule has 0 aliphatic rings. The third-order valence-corrected chi connectivity index (χ3v) is 4.49. The Balaban J connectivity index is 0.00000288. The second kappa shape index (κ2) is 11.4. The van der Waals surface area contributed by atoms with Crippen molar-refractivity contribution >= 4 is 41.3 Å². The highest BCUT2D eigenvalue weighted by Crippen LogP contribution is 2.13. The molecular weight excluding hydrogens is 437 g/mol. The largest absolute Gasteiger partial charge is 0.359 e. The normalized spacial score (nSPS) is 11.2. The average molecular weight is 463 g/mol. The molecule has 2 rings (SSSR count). The van der Waals surface area contributed by atoms with Crippen molar-refractivity contribution in [2.75, 3.05) is 13.1 Å². The van der Waals surface area contributed by atoms with E-state index in [4.69, 9.17) is 4.52 Å². The van der Waals surface area contributed by atoms with Gasteiger partial charge in [0.25, 0.3) is 0 Å². The second-order valence-corrected chi connectivity index (χ2v) is 6.28. The van der Waals surface area contributed by atoms with Gasteiger partial charge in [0.1, 0.15) is 6.54 Å². The summed E-state index contributed by atoms with van der Waals surface area (Å²) in [4.78, 5) is 10.3. The van der Waals surface area contributed by atoms with Crippen LogP contribution in [0.15, 0.2) is 21.8 Å². The number of aryl methyl sites for hydroxylation is 2. The van der Waals surface area contributed by atoms with E-state index >= 15 is 0 Å². The molecule has 2 aromatic heterocycles. The Kier molecular flexibility index (Phi) is 9.92. The first kappa shape index (κ1) is 20.9. The van der Waals surface area contributed by atoms with E-state index in [9.17, 15) is 0 Å². The van der Waals surface area contributed by atoms with Gasteiger partial charge in [0, 0.05) is 36.7 Å². The predicted octanol–water partition coefficient (Wildman–Crippen LogP) is 3.17. The highest BCUT2D eigenvalue weighted by Gasteiger charge is 2.04. The van der Waals surface area contributed by atoms with Crippen LogP contribution in [0.5, 0.6) is 0 Å². The number of rotatable bonds is 8. The molecule has 0 bridgehead atoms. The molecule has 2 aromatic rings. The molecule has 0 fully saturated rings. The van der Waals surface area contributed by atoms with Crippen molar-refractivity contribution < 1.29 is 4.52 Å². The van der Waals surface area contributed by atoms with Crippen LogP contribution in [0.4, 0.5) is 0 Å². The smallest absolute Gasteiger partial charge is 0.191 e. The van der Waals surface area contributed by atoms with E-state index in [-0.39, 0.29) is 24.0 Å². The molecule has 0 amide bonds. The summed E-state index contributed by atoms with van der Waals surface area (Å²) in [7, 11) is 0. The zero-order valence-electron chi connectivity index (χ0n) is 14.5. The first-order valence-corrected chi connectivity index (χ1v) is 8.97. The lowest BCUT2D eigenvalue weighted by Gasteiger charge is -2.09. The maximum atomic E-state index is 5.25. The highest BCUT2D eigenvalue weighted by atomic mass is 127. The summed E-state index contributed by atoms with van der Waals surface area (Å²) in [6, 6.07) is 1.95. The van der Waals surface area contributed by atoms with Crippen LogP contribution in [0, 0.1) is 0 Å². The van der Waals surface area contributed by atoms with Crippen molar-refractivity contribution in [1.82, 2.24) is 20.8 Å². The molecule has 0 aliphatic carbocycles. The van der Waals surface area contributed by atoms with Gasteiger partial charge >= 0.3 is 0 Å². The summed E-state index contributed by atoms with van der Waals surface area (Å²) in [5.74, 6) is 1.57. The van der Waals surface area contributed by atoms with Gasteiger partial charge in [-0.3, -0.25) is 0 Å². The Morgan fingerprint density at radius 3 is 2.71 bits per heavy atom. The van der Waals surface area contributed by atoms with Gasteiger partial charge in [0.05, 0.1) is 10.7 Å². The molecule has 6 nitrogen and oxygen atoms in total. The molecule has 8 heteroatoms. The maximum Gasteiger partial charge on any atom is 0.191 e. The summed E-state index contributed by atoms with van der Waals surface area (Å²) < 4.78 is 5.25. The monoisotopic (exact) mass is 463 g/mol. The standard InChI is InChI=1S/C16H25N5OS.HI/c1-4-12-9-13(22-21-12)10-20-16(17-6-3)18-8-7-15-19-11-14(5-2)23-15;/h9,11H,4-8,10H2,1-3H3,(H2,17,18,20);1H. The van der Waals surface area contributed by atoms with Crippen molar-refractivity contribution in [2.24, 2.45) is 4.99 Å². The van der Waals surface area contributed by atoms with E-state index in [1.807, 2.05) is 12.3 Å². The number of aromatic nitrogens is 2. The number of thiazole rings is 1. The molecule has 0 saturated heterocycles. The van der Waals surface area contributed by atoms with Gasteiger partial charge in [-0.2, -0.15) is 0 Å². The Hall–Kier alpha value is -1.16. The van der Waals surface area contributed by atoms with Crippen LogP contribution in [0.2, 0.25) is 0 Å². The molecule has 0 aromatic carbocycles. The topological polar surface area (TPSA) is 75.3 Å². The van der Waals surface area contributed by atoms with Crippen LogP contribution in [0.1, 0.15) is 42.1 Å². The fourth-order valence-electron chi connectivity index (χ4n) is 2.01. The number of nitrogens with one attached hydrogen (secondary N) is 2. The van der Waals surface area contributed by atoms with Gasteiger partial charge in [-0.1, -0.05) is 19.0 Å². The van der Waals surface area contributed by atoms with E-state index in [0.717, 1.165) is 54.8 Å². The second-order valence-electron chi connectivity index (χ2n) is 5.08. The van der Waals surface area contributed by atoms with E-state index in [2.05, 4.69) is 46.5 Å². The van der Waals surface area contributed by atoms with Gasteiger partial charge < -0.3 is 15.2 Å². The molecule has 24 heavy (non-hydrogen) atoms. The first-order valence-electron chi connectivity index (χ1n) is 8.15. The van der Waals surface area contributed by atoms with Gasteiger partial charge in [0.2, 0.25) is 0 Å². The van der Waals surface area contributed by atoms with Crippen LogP contribution in [0.25, 0.3) is 0 Å². The Morgan fingerprint density at radius 1 is 1.25 bits per heavy atom. The average Bonchev–Trinajstić information content (AvgIpc) is 3.21. The summed E-state index contributed by atoms with van der Waals surface area (Å²) in [6.07, 6.45) is 4.79. The predicted molar refractivity (Wildman–Crippen MR) is 109 cm³/mol. The zero-order valence-corrected chi connectivity index (χ0v) is 17.6. The highest BCUT2D eigenvalue weighted by molar-refractivity contribution is 14.0. The lowest BCUT2D eigenvalue weighted by Crippen LogP contribution is -2.38. The van der Waals surface area contributed by atoms with Crippen molar-refractivity contribution in [3.63, 3.8) is 0 Å². The summed E-state index contributed by atoms with van der Waals surface area (Å²) in [5, 5.41) is 11.7. The Bertz CT molecular complexity index is 626. The van der Waals surface area contributed by atoms with Gasteiger partial charge in [0.15, 0.2) is 11.7 Å². The summed E-state index contributed by atoms with van der Waals surface area (Å²) in [5.41, 5.74) is 0.962. The minimum Gasteiger partial charge on any atom is -0.359 e. The number of nitrogens with zero attached hydrogens (tertiary/aromatic N) is 3. The molecule has 2 heterocycles. The molecule has 0 radical (unpaired) electrons. The number of hydrogen-bond acceptors (Lipinski definition) is 5. The molecule has 0 spiro atoms. The fourth-order valence-corrected chi connectivity index (χ4v) is 2.87. The minimum atomic E-state index is 0. The van der Waals surface area contributed by atoms with Crippen LogP contribution < -0.4 is 10.6 Å². The van der Waals surface area contributed by atoms with Crippen molar-refractivity contribution in [1.29, 1.82) is 0 Å². The van der Waals surface area contributed by atoms with Crippen LogP contribution >= 0.6 is 35.3 Å². The first-order chi connectivity index (χ1) is 11.2. The van der Waals surface area contributed by atoms with Gasteiger partial charge in [-0.15, -0.1) is 35.3 Å². The quantitative estimate of drug-likeness (QED) is 0.358. The Morgan fingerprint density at radius 2 is 2.08 bits per heavy atom. The SMILES string of the molecule is CCNC(=NCc1cc(CC)no1)NCCc1ncc(CC)s1.I. The van der Waals surface area contributed by atoms with Crippen LogP contribution in [0.3, 0.4) is 0 Å².